The molecular weight excluding hydrogens is 438 g/mol. The van der Waals surface area contributed by atoms with Gasteiger partial charge in [0.2, 0.25) is 15.9 Å². The molecule has 0 unspecified atom stereocenters. The van der Waals surface area contributed by atoms with Gasteiger partial charge in [-0.1, -0.05) is 13.8 Å². The van der Waals surface area contributed by atoms with Crippen LogP contribution >= 0.6 is 0 Å². The van der Waals surface area contributed by atoms with Gasteiger partial charge in [-0.2, -0.15) is 9.40 Å². The van der Waals surface area contributed by atoms with E-state index in [2.05, 4.69) is 18.9 Å². The standard InChI is InChI=1S/C22H30F2N4O3S/c1-15(2)14-28-17(4)19(16(3)25-28)6-8-22(29)26-9-11-27(12-10-26)32(30,31)18-5-7-20(23)21(24)13-18/h5,7,13,15H,6,8-12,14H2,1-4H3. The third-order valence-electron chi connectivity index (χ3n) is 5.78. The van der Waals surface area contributed by atoms with E-state index in [1.807, 2.05) is 18.5 Å². The Morgan fingerprint density at radius 2 is 1.75 bits per heavy atom. The Kier molecular flexibility index (Phi) is 7.34. The van der Waals surface area contributed by atoms with Crippen molar-refractivity contribution in [3.8, 4) is 0 Å². The van der Waals surface area contributed by atoms with Crippen LogP contribution in [0.5, 0.6) is 0 Å². The highest BCUT2D eigenvalue weighted by atomic mass is 32.2. The summed E-state index contributed by atoms with van der Waals surface area (Å²) in [4.78, 5) is 14.1. The van der Waals surface area contributed by atoms with Crippen molar-refractivity contribution in [3.05, 3.63) is 46.8 Å². The third-order valence-corrected chi connectivity index (χ3v) is 7.67. The summed E-state index contributed by atoms with van der Waals surface area (Å²) >= 11 is 0. The first-order chi connectivity index (χ1) is 15.0. The minimum atomic E-state index is -3.95. The van der Waals surface area contributed by atoms with Crippen LogP contribution in [0, 0.1) is 31.4 Å². The van der Waals surface area contributed by atoms with Crippen molar-refractivity contribution in [1.82, 2.24) is 19.0 Å². The SMILES string of the molecule is Cc1nn(CC(C)C)c(C)c1CCC(=O)N1CCN(S(=O)(=O)c2ccc(F)c(F)c2)CC1. The average molecular weight is 469 g/mol. The monoisotopic (exact) mass is 468 g/mol. The van der Waals surface area contributed by atoms with E-state index in [4.69, 9.17) is 0 Å². The third kappa shape index (κ3) is 5.17. The number of sulfonamides is 1. The van der Waals surface area contributed by atoms with Gasteiger partial charge in [0.1, 0.15) is 0 Å². The second-order valence-electron chi connectivity index (χ2n) is 8.59. The van der Waals surface area contributed by atoms with Crippen molar-refractivity contribution in [3.63, 3.8) is 0 Å². The largest absolute Gasteiger partial charge is 0.340 e. The lowest BCUT2D eigenvalue weighted by Crippen LogP contribution is -2.50. The number of carbonyl (C=O) groups excluding carboxylic acids is 1. The Labute approximate surface area is 188 Å². The number of halogens is 2. The van der Waals surface area contributed by atoms with Crippen LogP contribution in [0.1, 0.15) is 37.2 Å². The summed E-state index contributed by atoms with van der Waals surface area (Å²) in [6.45, 7) is 9.79. The van der Waals surface area contributed by atoms with Crippen LogP contribution in [0.25, 0.3) is 0 Å². The molecule has 7 nitrogen and oxygen atoms in total. The van der Waals surface area contributed by atoms with E-state index in [1.165, 1.54) is 4.31 Å². The summed E-state index contributed by atoms with van der Waals surface area (Å²) in [5.41, 5.74) is 3.09. The van der Waals surface area contributed by atoms with Crippen molar-refractivity contribution in [1.29, 1.82) is 0 Å². The summed E-state index contributed by atoms with van der Waals surface area (Å²) < 4.78 is 55.2. The van der Waals surface area contributed by atoms with Crippen molar-refractivity contribution in [2.75, 3.05) is 26.2 Å². The molecule has 0 aliphatic carbocycles. The molecule has 1 aliphatic rings. The van der Waals surface area contributed by atoms with Crippen LogP contribution in [-0.2, 0) is 27.8 Å². The van der Waals surface area contributed by atoms with E-state index in [9.17, 15) is 22.0 Å². The fourth-order valence-corrected chi connectivity index (χ4v) is 5.41. The molecule has 1 fully saturated rings. The summed E-state index contributed by atoms with van der Waals surface area (Å²) in [6, 6.07) is 2.54. The Balaban J connectivity index is 1.58. The van der Waals surface area contributed by atoms with E-state index in [1.54, 1.807) is 4.90 Å². The summed E-state index contributed by atoms with van der Waals surface area (Å²) in [5.74, 6) is -1.87. The fourth-order valence-electron chi connectivity index (χ4n) is 3.97. The van der Waals surface area contributed by atoms with E-state index in [0.29, 0.717) is 24.8 Å². The number of hydrogen-bond donors (Lipinski definition) is 0. The highest BCUT2D eigenvalue weighted by Crippen LogP contribution is 2.21. The zero-order valence-electron chi connectivity index (χ0n) is 18.9. The van der Waals surface area contributed by atoms with Gasteiger partial charge < -0.3 is 4.90 Å². The quantitative estimate of drug-likeness (QED) is 0.626. The highest BCUT2D eigenvalue weighted by Gasteiger charge is 2.30. The zero-order chi connectivity index (χ0) is 23.6. The van der Waals surface area contributed by atoms with E-state index < -0.39 is 21.7 Å². The molecule has 32 heavy (non-hydrogen) atoms. The molecule has 10 heteroatoms. The van der Waals surface area contributed by atoms with Gasteiger partial charge in [-0.05, 0) is 49.9 Å². The van der Waals surface area contributed by atoms with Crippen LogP contribution in [0.15, 0.2) is 23.1 Å². The van der Waals surface area contributed by atoms with Gasteiger partial charge in [-0.3, -0.25) is 9.48 Å². The van der Waals surface area contributed by atoms with Gasteiger partial charge >= 0.3 is 0 Å². The maximum Gasteiger partial charge on any atom is 0.243 e. The molecule has 2 heterocycles. The number of hydrogen-bond acceptors (Lipinski definition) is 4. The first-order valence-corrected chi connectivity index (χ1v) is 12.2. The van der Waals surface area contributed by atoms with Crippen molar-refractivity contribution in [2.24, 2.45) is 5.92 Å². The maximum absolute atomic E-state index is 13.5. The smallest absolute Gasteiger partial charge is 0.243 e. The Hall–Kier alpha value is -2.33. The van der Waals surface area contributed by atoms with Crippen molar-refractivity contribution >= 4 is 15.9 Å². The molecule has 1 aliphatic heterocycles. The van der Waals surface area contributed by atoms with E-state index in [0.717, 1.165) is 35.6 Å². The second kappa shape index (κ2) is 9.66. The number of benzene rings is 1. The number of rotatable bonds is 7. The highest BCUT2D eigenvalue weighted by molar-refractivity contribution is 7.89. The molecule has 1 aromatic heterocycles. The molecule has 1 saturated heterocycles. The summed E-state index contributed by atoms with van der Waals surface area (Å²) in [6.07, 6.45) is 0.910. The van der Waals surface area contributed by atoms with Gasteiger partial charge in [0.15, 0.2) is 11.6 Å². The first kappa shape index (κ1) is 24.3. The molecule has 0 N–H and O–H groups in total. The van der Waals surface area contributed by atoms with E-state index >= 15 is 0 Å². The van der Waals surface area contributed by atoms with Gasteiger partial charge in [-0.15, -0.1) is 0 Å². The van der Waals surface area contributed by atoms with Gasteiger partial charge in [-0.25, -0.2) is 17.2 Å². The predicted octanol–water partition coefficient (Wildman–Crippen LogP) is 2.90. The van der Waals surface area contributed by atoms with Crippen LogP contribution in [0.3, 0.4) is 0 Å². The Bertz CT molecular complexity index is 1090. The second-order valence-corrected chi connectivity index (χ2v) is 10.5. The normalized spacial score (nSPS) is 15.5. The Morgan fingerprint density at radius 1 is 1.09 bits per heavy atom. The maximum atomic E-state index is 13.5. The van der Waals surface area contributed by atoms with Crippen LogP contribution in [0.2, 0.25) is 0 Å². The number of amides is 1. The predicted molar refractivity (Wildman–Crippen MR) is 117 cm³/mol. The van der Waals surface area contributed by atoms with E-state index in [-0.39, 0.29) is 37.0 Å². The van der Waals surface area contributed by atoms with Crippen molar-refractivity contribution < 1.29 is 22.0 Å². The molecule has 0 atom stereocenters. The molecule has 0 bridgehead atoms. The van der Waals surface area contributed by atoms with Gasteiger partial charge in [0.05, 0.1) is 10.6 Å². The molecule has 176 valence electrons. The zero-order valence-corrected chi connectivity index (χ0v) is 19.8. The topological polar surface area (TPSA) is 75.5 Å². The Morgan fingerprint density at radius 3 is 2.34 bits per heavy atom. The molecule has 2 aromatic rings. The molecule has 0 spiro atoms. The van der Waals surface area contributed by atoms with Gasteiger partial charge in [0, 0.05) is 44.8 Å². The minimum Gasteiger partial charge on any atom is -0.340 e. The lowest BCUT2D eigenvalue weighted by molar-refractivity contribution is -0.132. The van der Waals surface area contributed by atoms with Crippen LogP contribution < -0.4 is 0 Å². The molecule has 3 rings (SSSR count). The summed E-state index contributed by atoms with van der Waals surface area (Å²) in [7, 11) is -3.95. The lowest BCUT2D eigenvalue weighted by atomic mass is 10.1. The van der Waals surface area contributed by atoms with Crippen LogP contribution in [-0.4, -0.2) is 59.5 Å². The van der Waals surface area contributed by atoms with Crippen LogP contribution in [0.4, 0.5) is 8.78 Å². The first-order valence-electron chi connectivity index (χ1n) is 10.8. The molecule has 1 aromatic carbocycles. The average Bonchev–Trinajstić information content (AvgIpc) is 3.00. The van der Waals surface area contributed by atoms with Crippen molar-refractivity contribution in [2.45, 2.75) is 52.0 Å². The molecule has 1 amide bonds. The number of aromatic nitrogens is 2. The summed E-state index contributed by atoms with van der Waals surface area (Å²) in [5, 5.41) is 4.59. The molecule has 0 saturated carbocycles. The van der Waals surface area contributed by atoms with Gasteiger partial charge in [0.25, 0.3) is 0 Å². The fraction of sp³-hybridized carbons (Fsp3) is 0.545. The number of carbonyl (C=O) groups is 1. The number of piperazine rings is 1. The lowest BCUT2D eigenvalue weighted by Gasteiger charge is -2.34. The molecule has 0 radical (unpaired) electrons. The molecular formula is C22H30F2N4O3S. The number of nitrogens with zero attached hydrogens (tertiary/aromatic N) is 4. The minimum absolute atomic E-state index is 0.0368. The number of aryl methyl sites for hydroxylation is 1.